The fourth-order valence-electron chi connectivity index (χ4n) is 6.64. The quantitative estimate of drug-likeness (QED) is 0.0339. The third-order valence-electron chi connectivity index (χ3n) is 9.73. The predicted molar refractivity (Wildman–Crippen MR) is 207 cm³/mol. The van der Waals surface area contributed by atoms with Crippen LogP contribution in [0.1, 0.15) is 233 Å². The number of carboxylic acids is 1. The molecule has 1 aromatic rings. The molecule has 0 saturated heterocycles. The Morgan fingerprint density at radius 1 is 0.551 bits per heavy atom. The first kappa shape index (κ1) is 44.6. The second kappa shape index (κ2) is 32.8. The summed E-state index contributed by atoms with van der Waals surface area (Å²) < 4.78 is 5.09. The van der Waals surface area contributed by atoms with Crippen LogP contribution in [0.2, 0.25) is 0 Å². The molecule has 0 heterocycles. The lowest BCUT2D eigenvalue weighted by molar-refractivity contribution is -0.138. The van der Waals surface area contributed by atoms with Crippen LogP contribution in [0.5, 0.6) is 0 Å². The molecule has 0 fully saturated rings. The molecule has 0 unspecified atom stereocenters. The third-order valence-corrected chi connectivity index (χ3v) is 9.73. The van der Waals surface area contributed by atoms with Gasteiger partial charge in [0.25, 0.3) is 0 Å². The summed E-state index contributed by atoms with van der Waals surface area (Å²) in [5.74, 6) is -2.59. The van der Waals surface area contributed by atoms with Crippen molar-refractivity contribution in [2.45, 2.75) is 213 Å². The van der Waals surface area contributed by atoms with Crippen molar-refractivity contribution in [3.63, 3.8) is 0 Å². The maximum absolute atomic E-state index is 12.8. The monoisotopic (exact) mass is 683 g/mol. The smallest absolute Gasteiger partial charge is 0.346 e. The molecule has 0 aromatic heterocycles. The Labute approximate surface area is 301 Å². The molecule has 0 amide bonds. The van der Waals surface area contributed by atoms with Gasteiger partial charge in [0, 0.05) is 6.42 Å². The van der Waals surface area contributed by atoms with Crippen molar-refractivity contribution >= 4 is 17.9 Å². The third kappa shape index (κ3) is 25.2. The van der Waals surface area contributed by atoms with Crippen molar-refractivity contribution in [1.29, 1.82) is 0 Å². The molecule has 0 aliphatic carbocycles. The molecule has 0 bridgehead atoms. The number of carbonyl (C=O) groups is 3. The van der Waals surface area contributed by atoms with Gasteiger partial charge in [0.15, 0.2) is 0 Å². The highest BCUT2D eigenvalue weighted by Crippen LogP contribution is 2.21. The Kier molecular flexibility index (Phi) is 29.8. The largest absolute Gasteiger partial charge is 0.478 e. The van der Waals surface area contributed by atoms with Crippen LogP contribution in [-0.4, -0.2) is 23.0 Å². The number of allylic oxidation sites excluding steroid dienone is 2. The zero-order chi connectivity index (χ0) is 35.6. The van der Waals surface area contributed by atoms with Crippen LogP contribution in [0, 0.1) is 0 Å². The summed E-state index contributed by atoms with van der Waals surface area (Å²) in [6, 6.07) is 4.93. The molecule has 0 atom stereocenters. The van der Waals surface area contributed by atoms with Gasteiger partial charge in [0.05, 0.1) is 11.1 Å². The molecule has 1 rings (SSSR count). The summed E-state index contributed by atoms with van der Waals surface area (Å²) >= 11 is 0. The Morgan fingerprint density at radius 3 is 1.41 bits per heavy atom. The highest BCUT2D eigenvalue weighted by Gasteiger charge is 2.23. The Bertz CT molecular complexity index is 997. The fraction of sp³-hybridized carbons (Fsp3) is 0.750. The summed E-state index contributed by atoms with van der Waals surface area (Å²) in [5, 5.41) is 9.92. The number of esters is 2. The van der Waals surface area contributed by atoms with Gasteiger partial charge in [-0.1, -0.05) is 186 Å². The van der Waals surface area contributed by atoms with E-state index in [0.29, 0.717) is 18.4 Å². The summed E-state index contributed by atoms with van der Waals surface area (Å²) in [6.07, 6.45) is 41.2. The second-order valence-corrected chi connectivity index (χ2v) is 14.3. The molecule has 0 saturated carbocycles. The summed E-state index contributed by atoms with van der Waals surface area (Å²) in [4.78, 5) is 37.3. The number of unbranched alkanes of at least 4 members (excludes halogenated alkanes) is 26. The second-order valence-electron chi connectivity index (χ2n) is 14.3. The highest BCUT2D eigenvalue weighted by molar-refractivity contribution is 6.06. The zero-order valence-electron chi connectivity index (χ0n) is 31.9. The number of benzene rings is 1. The van der Waals surface area contributed by atoms with Gasteiger partial charge in [0.1, 0.15) is 0 Å². The molecule has 0 aliphatic heterocycles. The minimum atomic E-state index is -1.15. The number of aryl methyl sites for hydroxylation is 1. The minimum Gasteiger partial charge on any atom is -0.478 e. The van der Waals surface area contributed by atoms with E-state index >= 15 is 0 Å². The van der Waals surface area contributed by atoms with E-state index in [0.717, 1.165) is 51.4 Å². The number of hydrogen-bond acceptors (Lipinski definition) is 4. The molecule has 1 N–H and O–H groups in total. The van der Waals surface area contributed by atoms with Gasteiger partial charge in [0.2, 0.25) is 0 Å². The zero-order valence-corrected chi connectivity index (χ0v) is 31.9. The predicted octanol–water partition coefficient (Wildman–Crippen LogP) is 13.9. The maximum atomic E-state index is 12.8. The van der Waals surface area contributed by atoms with Crippen LogP contribution in [0.15, 0.2) is 30.4 Å². The van der Waals surface area contributed by atoms with Gasteiger partial charge in [-0.15, -0.1) is 0 Å². The lowest BCUT2D eigenvalue weighted by Crippen LogP contribution is -2.17. The van der Waals surface area contributed by atoms with Gasteiger partial charge < -0.3 is 9.84 Å². The SMILES string of the molecule is CCCCCCCCC=CCCCCCCCC(=O)OC(=O)c1cccc(CCCCCCCCCCCCCCCCCC)c1C(=O)O. The molecule has 1 aromatic carbocycles. The number of rotatable bonds is 34. The van der Waals surface area contributed by atoms with Crippen molar-refractivity contribution < 1.29 is 24.2 Å². The van der Waals surface area contributed by atoms with E-state index in [1.807, 2.05) is 0 Å². The molecule has 0 aliphatic rings. The summed E-state index contributed by atoms with van der Waals surface area (Å²) in [6.45, 7) is 4.52. The van der Waals surface area contributed by atoms with Crippen LogP contribution in [0.3, 0.4) is 0 Å². The fourth-order valence-corrected chi connectivity index (χ4v) is 6.64. The summed E-state index contributed by atoms with van der Waals surface area (Å²) in [7, 11) is 0. The van der Waals surface area contributed by atoms with Gasteiger partial charge in [-0.2, -0.15) is 0 Å². The standard InChI is InChI=1S/C44H74O5/c1-3-5-7-9-11-13-15-17-19-21-22-24-26-28-30-32-35-39-36-34-37-40(42(39)43(46)47)44(48)49-41(45)38-33-31-29-27-25-23-20-18-16-14-12-10-8-6-4-2/h18,20,34,36-37H,3-17,19,21-33,35,38H2,1-2H3,(H,46,47). The Balaban J connectivity index is 2.18. The Morgan fingerprint density at radius 2 is 0.959 bits per heavy atom. The van der Waals surface area contributed by atoms with E-state index in [1.165, 1.54) is 134 Å². The van der Waals surface area contributed by atoms with E-state index in [-0.39, 0.29) is 17.5 Å². The number of hydrogen-bond donors (Lipinski definition) is 1. The van der Waals surface area contributed by atoms with Crippen LogP contribution in [-0.2, 0) is 16.0 Å². The number of carboxylic acid groups (broad SMARTS) is 1. The van der Waals surface area contributed by atoms with Crippen molar-refractivity contribution in [3.05, 3.63) is 47.0 Å². The summed E-state index contributed by atoms with van der Waals surface area (Å²) in [5.41, 5.74) is 0.582. The number of carbonyl (C=O) groups excluding carboxylic acids is 2. The minimum absolute atomic E-state index is 0.0257. The van der Waals surface area contributed by atoms with Crippen LogP contribution in [0.25, 0.3) is 0 Å². The first-order chi connectivity index (χ1) is 24.0. The molecule has 5 heteroatoms. The van der Waals surface area contributed by atoms with E-state index in [9.17, 15) is 19.5 Å². The van der Waals surface area contributed by atoms with Gasteiger partial charge in [-0.3, -0.25) is 4.79 Å². The van der Waals surface area contributed by atoms with Crippen LogP contribution < -0.4 is 0 Å². The van der Waals surface area contributed by atoms with E-state index in [4.69, 9.17) is 4.74 Å². The molecule has 280 valence electrons. The van der Waals surface area contributed by atoms with Crippen molar-refractivity contribution in [2.75, 3.05) is 0 Å². The molecule has 0 radical (unpaired) electrons. The highest BCUT2D eigenvalue weighted by atomic mass is 16.6. The van der Waals surface area contributed by atoms with E-state index in [2.05, 4.69) is 26.0 Å². The number of ether oxygens (including phenoxy) is 1. The lowest BCUT2D eigenvalue weighted by atomic mass is 9.96. The maximum Gasteiger partial charge on any atom is 0.346 e. The van der Waals surface area contributed by atoms with E-state index in [1.54, 1.807) is 12.1 Å². The van der Waals surface area contributed by atoms with Crippen molar-refractivity contribution in [3.8, 4) is 0 Å². The topological polar surface area (TPSA) is 80.7 Å². The molecule has 0 spiro atoms. The van der Waals surface area contributed by atoms with E-state index < -0.39 is 17.9 Å². The first-order valence-corrected chi connectivity index (χ1v) is 20.8. The van der Waals surface area contributed by atoms with Crippen LogP contribution >= 0.6 is 0 Å². The van der Waals surface area contributed by atoms with Gasteiger partial charge >= 0.3 is 17.9 Å². The molecule has 49 heavy (non-hydrogen) atoms. The van der Waals surface area contributed by atoms with Crippen molar-refractivity contribution in [1.82, 2.24) is 0 Å². The average Bonchev–Trinajstić information content (AvgIpc) is 3.09. The molecule has 5 nitrogen and oxygen atoms in total. The molecular weight excluding hydrogens is 608 g/mol. The Hall–Kier alpha value is -2.43. The normalized spacial score (nSPS) is 11.4. The van der Waals surface area contributed by atoms with Crippen molar-refractivity contribution in [2.24, 2.45) is 0 Å². The molecular formula is C44H74O5. The average molecular weight is 683 g/mol. The van der Waals surface area contributed by atoms with Gasteiger partial charge in [-0.25, -0.2) is 9.59 Å². The van der Waals surface area contributed by atoms with Crippen LogP contribution in [0.4, 0.5) is 0 Å². The first-order valence-electron chi connectivity index (χ1n) is 20.8. The lowest BCUT2D eigenvalue weighted by Gasteiger charge is -2.11. The number of aromatic carboxylic acids is 1. The van der Waals surface area contributed by atoms with Gasteiger partial charge in [-0.05, 0) is 56.6 Å².